The van der Waals surface area contributed by atoms with Gasteiger partial charge in [0.25, 0.3) is 0 Å². The second-order valence-corrected chi connectivity index (χ2v) is 5.79. The zero-order valence-electron chi connectivity index (χ0n) is 15.2. The van der Waals surface area contributed by atoms with Crippen molar-refractivity contribution in [2.75, 3.05) is 47.4 Å². The molecule has 0 aliphatic carbocycles. The van der Waals surface area contributed by atoms with E-state index in [9.17, 15) is 0 Å². The zero-order chi connectivity index (χ0) is 17.1. The van der Waals surface area contributed by atoms with Crippen LogP contribution in [0.3, 0.4) is 0 Å². The summed E-state index contributed by atoms with van der Waals surface area (Å²) in [6, 6.07) is 10.5. The third-order valence-electron chi connectivity index (χ3n) is 4.10. The number of likely N-dealkylation sites (N-methyl/N-ethyl adjacent to an activating group) is 2. The highest BCUT2D eigenvalue weighted by molar-refractivity contribution is 5.79. The summed E-state index contributed by atoms with van der Waals surface area (Å²) >= 11 is 0. The zero-order valence-corrected chi connectivity index (χ0v) is 15.2. The molecule has 0 aliphatic rings. The molecule has 5 heteroatoms. The van der Waals surface area contributed by atoms with E-state index in [1.54, 1.807) is 0 Å². The number of nitrogens with one attached hydrogen (secondary N) is 1. The summed E-state index contributed by atoms with van der Waals surface area (Å²) in [7, 11) is 6.01. The molecule has 1 unspecified atom stereocenters. The van der Waals surface area contributed by atoms with Gasteiger partial charge in [0.05, 0.1) is 6.54 Å². The topological polar surface area (TPSA) is 40.1 Å². The largest absolute Gasteiger partial charge is 0.492 e. The number of para-hydroxylation sites is 1. The fraction of sp³-hybridized carbons (Fsp3) is 0.611. The van der Waals surface area contributed by atoms with Crippen molar-refractivity contribution in [3.8, 4) is 5.75 Å². The Kier molecular flexibility index (Phi) is 9.14. The van der Waals surface area contributed by atoms with Crippen LogP contribution in [-0.2, 0) is 0 Å². The lowest BCUT2D eigenvalue weighted by atomic mass is 10.2. The van der Waals surface area contributed by atoms with Crippen LogP contribution in [-0.4, -0.2) is 69.2 Å². The van der Waals surface area contributed by atoms with Crippen molar-refractivity contribution in [1.29, 1.82) is 0 Å². The highest BCUT2D eigenvalue weighted by Crippen LogP contribution is 2.07. The second kappa shape index (κ2) is 10.9. The van der Waals surface area contributed by atoms with Crippen LogP contribution in [0.15, 0.2) is 35.3 Å². The van der Waals surface area contributed by atoms with E-state index < -0.39 is 0 Å². The van der Waals surface area contributed by atoms with Crippen LogP contribution in [0.1, 0.15) is 20.3 Å². The van der Waals surface area contributed by atoms with Gasteiger partial charge in [0.1, 0.15) is 12.4 Å². The van der Waals surface area contributed by atoms with Gasteiger partial charge in [-0.15, -0.1) is 0 Å². The molecule has 0 spiro atoms. The summed E-state index contributed by atoms with van der Waals surface area (Å²) in [5.74, 6) is 1.80. The minimum Gasteiger partial charge on any atom is -0.492 e. The van der Waals surface area contributed by atoms with Crippen LogP contribution < -0.4 is 10.1 Å². The molecule has 1 N–H and O–H groups in total. The van der Waals surface area contributed by atoms with Crippen molar-refractivity contribution in [2.24, 2.45) is 4.99 Å². The van der Waals surface area contributed by atoms with E-state index in [4.69, 9.17) is 4.74 Å². The van der Waals surface area contributed by atoms with E-state index >= 15 is 0 Å². The monoisotopic (exact) mass is 320 g/mol. The lowest BCUT2D eigenvalue weighted by Gasteiger charge is -2.26. The van der Waals surface area contributed by atoms with E-state index in [-0.39, 0.29) is 0 Å². The molecule has 1 atom stereocenters. The van der Waals surface area contributed by atoms with Crippen molar-refractivity contribution in [3.63, 3.8) is 0 Å². The molecular weight excluding hydrogens is 288 g/mol. The number of benzene rings is 1. The molecule has 0 saturated carbocycles. The van der Waals surface area contributed by atoms with Crippen molar-refractivity contribution < 1.29 is 4.74 Å². The quantitative estimate of drug-likeness (QED) is 0.560. The Hall–Kier alpha value is -1.75. The summed E-state index contributed by atoms with van der Waals surface area (Å²) in [5.41, 5.74) is 0. The first-order valence-corrected chi connectivity index (χ1v) is 8.38. The number of guanidine groups is 1. The van der Waals surface area contributed by atoms with E-state index in [0.29, 0.717) is 12.6 Å². The van der Waals surface area contributed by atoms with Gasteiger partial charge in [0.2, 0.25) is 0 Å². The van der Waals surface area contributed by atoms with E-state index in [2.05, 4.69) is 41.0 Å². The predicted molar refractivity (Wildman–Crippen MR) is 98.3 cm³/mol. The molecule has 0 fully saturated rings. The second-order valence-electron chi connectivity index (χ2n) is 5.79. The van der Waals surface area contributed by atoms with Crippen molar-refractivity contribution in [1.82, 2.24) is 15.1 Å². The Labute approximate surface area is 141 Å². The number of ether oxygens (including phenoxy) is 1. The maximum atomic E-state index is 5.73. The molecule has 130 valence electrons. The SMILES string of the molecule is CCC(C)N(C)CCNC(=NC)N(C)CCOc1ccccc1. The molecule has 0 radical (unpaired) electrons. The Morgan fingerprint density at radius 2 is 1.91 bits per heavy atom. The molecule has 0 aliphatic heterocycles. The van der Waals surface area contributed by atoms with Crippen LogP contribution in [0.2, 0.25) is 0 Å². The summed E-state index contributed by atoms with van der Waals surface area (Å²) < 4.78 is 5.73. The van der Waals surface area contributed by atoms with Gasteiger partial charge in [0, 0.05) is 33.2 Å². The van der Waals surface area contributed by atoms with Crippen LogP contribution in [0.5, 0.6) is 5.75 Å². The fourth-order valence-electron chi connectivity index (χ4n) is 2.18. The fourth-order valence-corrected chi connectivity index (χ4v) is 2.18. The van der Waals surface area contributed by atoms with Crippen LogP contribution in [0, 0.1) is 0 Å². The highest BCUT2D eigenvalue weighted by Gasteiger charge is 2.08. The van der Waals surface area contributed by atoms with E-state index in [1.807, 2.05) is 44.4 Å². The number of nitrogens with zero attached hydrogens (tertiary/aromatic N) is 3. The molecule has 1 aromatic carbocycles. The first-order valence-electron chi connectivity index (χ1n) is 8.38. The van der Waals surface area contributed by atoms with Gasteiger partial charge in [-0.05, 0) is 32.5 Å². The molecule has 5 nitrogen and oxygen atoms in total. The summed E-state index contributed by atoms with van der Waals surface area (Å²) in [6.45, 7) is 7.78. The maximum absolute atomic E-state index is 5.73. The molecule has 0 aromatic heterocycles. The summed E-state index contributed by atoms with van der Waals surface area (Å²) in [5, 5.41) is 3.41. The Balaban J connectivity index is 2.28. The first kappa shape index (κ1) is 19.3. The molecule has 0 saturated heterocycles. The predicted octanol–water partition coefficient (Wildman–Crippen LogP) is 2.30. The van der Waals surface area contributed by atoms with Crippen LogP contribution >= 0.6 is 0 Å². The lowest BCUT2D eigenvalue weighted by Crippen LogP contribution is -2.44. The Morgan fingerprint density at radius 1 is 1.22 bits per heavy atom. The molecule has 1 rings (SSSR count). The van der Waals surface area contributed by atoms with Gasteiger partial charge in [-0.25, -0.2) is 0 Å². The van der Waals surface area contributed by atoms with Crippen LogP contribution in [0.25, 0.3) is 0 Å². The van der Waals surface area contributed by atoms with Gasteiger partial charge in [-0.1, -0.05) is 25.1 Å². The summed E-state index contributed by atoms with van der Waals surface area (Å²) in [6.07, 6.45) is 1.17. The first-order chi connectivity index (χ1) is 11.1. The molecule has 1 aromatic rings. The minimum absolute atomic E-state index is 0.607. The van der Waals surface area contributed by atoms with Gasteiger partial charge < -0.3 is 19.9 Å². The van der Waals surface area contributed by atoms with Crippen molar-refractivity contribution in [2.45, 2.75) is 26.3 Å². The van der Waals surface area contributed by atoms with Gasteiger partial charge in [-0.3, -0.25) is 4.99 Å². The standard InChI is InChI=1S/C18H32N4O/c1-6-16(2)21(4)13-12-20-18(19-3)22(5)14-15-23-17-10-8-7-9-11-17/h7-11,16H,6,12-15H2,1-5H3,(H,19,20). The number of rotatable bonds is 9. The highest BCUT2D eigenvalue weighted by atomic mass is 16.5. The average molecular weight is 320 g/mol. The summed E-state index contributed by atoms with van der Waals surface area (Å²) in [4.78, 5) is 8.78. The van der Waals surface area contributed by atoms with Gasteiger partial charge >= 0.3 is 0 Å². The maximum Gasteiger partial charge on any atom is 0.193 e. The third-order valence-corrected chi connectivity index (χ3v) is 4.10. The van der Waals surface area contributed by atoms with Crippen molar-refractivity contribution >= 4 is 5.96 Å². The smallest absolute Gasteiger partial charge is 0.193 e. The number of hydrogen-bond donors (Lipinski definition) is 1. The lowest BCUT2D eigenvalue weighted by molar-refractivity contribution is 0.253. The van der Waals surface area contributed by atoms with Crippen LogP contribution in [0.4, 0.5) is 0 Å². The van der Waals surface area contributed by atoms with E-state index in [0.717, 1.165) is 31.3 Å². The molecule has 0 bridgehead atoms. The minimum atomic E-state index is 0.607. The molecular formula is C18H32N4O. The molecule has 0 heterocycles. The average Bonchev–Trinajstić information content (AvgIpc) is 2.58. The third kappa shape index (κ3) is 7.37. The van der Waals surface area contributed by atoms with Crippen molar-refractivity contribution in [3.05, 3.63) is 30.3 Å². The number of aliphatic imine (C=N–C) groups is 1. The normalized spacial score (nSPS) is 13.0. The van der Waals surface area contributed by atoms with E-state index in [1.165, 1.54) is 6.42 Å². The van der Waals surface area contributed by atoms with Gasteiger partial charge in [-0.2, -0.15) is 0 Å². The Morgan fingerprint density at radius 3 is 2.52 bits per heavy atom. The van der Waals surface area contributed by atoms with Gasteiger partial charge in [0.15, 0.2) is 5.96 Å². The molecule has 23 heavy (non-hydrogen) atoms. The number of hydrogen-bond acceptors (Lipinski definition) is 3. The molecule has 0 amide bonds. The Bertz CT molecular complexity index is 450.